The van der Waals surface area contributed by atoms with Gasteiger partial charge in [-0.15, -0.1) is 0 Å². The van der Waals surface area contributed by atoms with Gasteiger partial charge >= 0.3 is 0 Å². The van der Waals surface area contributed by atoms with Crippen molar-refractivity contribution in [3.8, 4) is 0 Å². The highest BCUT2D eigenvalue weighted by atomic mass is 16.2. The van der Waals surface area contributed by atoms with E-state index in [1.165, 1.54) is 5.56 Å². The van der Waals surface area contributed by atoms with E-state index in [0.717, 1.165) is 26.1 Å². The van der Waals surface area contributed by atoms with Crippen LogP contribution >= 0.6 is 0 Å². The molecule has 0 saturated carbocycles. The zero-order valence-corrected chi connectivity index (χ0v) is 14.0. The molecule has 22 heavy (non-hydrogen) atoms. The van der Waals surface area contributed by atoms with E-state index in [-0.39, 0.29) is 24.5 Å². The van der Waals surface area contributed by atoms with E-state index in [4.69, 9.17) is 0 Å². The second-order valence-corrected chi connectivity index (χ2v) is 5.35. The number of likely N-dealkylation sites (N-methyl/N-ethyl adjacent to an activating group) is 1. The van der Waals surface area contributed by atoms with Crippen LogP contribution in [0.5, 0.6) is 0 Å². The van der Waals surface area contributed by atoms with Crippen LogP contribution in [0, 0.1) is 0 Å². The highest BCUT2D eigenvalue weighted by Gasteiger charge is 2.09. The van der Waals surface area contributed by atoms with Gasteiger partial charge in [-0.1, -0.05) is 45.0 Å². The van der Waals surface area contributed by atoms with Gasteiger partial charge in [0.05, 0.1) is 0 Å². The average Bonchev–Trinajstić information content (AvgIpc) is 2.56. The Kier molecular flexibility index (Phi) is 8.44. The lowest BCUT2D eigenvalue weighted by atomic mass is 10.0. The fourth-order valence-corrected chi connectivity index (χ4v) is 2.28. The van der Waals surface area contributed by atoms with Gasteiger partial charge in [-0.3, -0.25) is 9.59 Å². The number of nitrogens with one attached hydrogen (secondary N) is 1. The lowest BCUT2D eigenvalue weighted by Gasteiger charge is -2.17. The van der Waals surface area contributed by atoms with Crippen LogP contribution in [0.1, 0.15) is 49.5 Å². The predicted octanol–water partition coefficient (Wildman–Crippen LogP) is 2.67. The molecule has 0 unspecified atom stereocenters. The Morgan fingerprint density at radius 1 is 1.00 bits per heavy atom. The summed E-state index contributed by atoms with van der Waals surface area (Å²) < 4.78 is 0. The standard InChI is InChI=1S/C18H28N2O2/c1-4-15-7-9-16(10-8-15)17(21)11-12-18(22)19-13-14-20(5-2)6-3/h7-10H,4-6,11-14H2,1-3H3,(H,19,22). The minimum Gasteiger partial charge on any atom is -0.355 e. The third-order valence-corrected chi connectivity index (χ3v) is 3.91. The molecule has 4 nitrogen and oxygen atoms in total. The highest BCUT2D eigenvalue weighted by molar-refractivity contribution is 5.97. The van der Waals surface area contributed by atoms with Gasteiger partial charge in [0.25, 0.3) is 0 Å². The summed E-state index contributed by atoms with van der Waals surface area (Å²) in [4.78, 5) is 26.0. The number of hydrogen-bond donors (Lipinski definition) is 1. The summed E-state index contributed by atoms with van der Waals surface area (Å²) >= 11 is 0. The number of Topliss-reactive ketones (excluding diaryl/α,β-unsaturated/α-hetero) is 1. The van der Waals surface area contributed by atoms with E-state index < -0.39 is 0 Å². The van der Waals surface area contributed by atoms with E-state index in [9.17, 15) is 9.59 Å². The Balaban J connectivity index is 2.29. The van der Waals surface area contributed by atoms with Gasteiger partial charge in [0.2, 0.25) is 5.91 Å². The van der Waals surface area contributed by atoms with Crippen molar-refractivity contribution in [3.05, 3.63) is 35.4 Å². The molecule has 0 spiro atoms. The molecule has 1 N–H and O–H groups in total. The number of carbonyl (C=O) groups is 2. The second kappa shape index (κ2) is 10.1. The first kappa shape index (κ1) is 18.4. The minimum atomic E-state index is -0.0503. The van der Waals surface area contributed by atoms with Crippen molar-refractivity contribution in [1.29, 1.82) is 0 Å². The molecule has 0 aliphatic carbocycles. The second-order valence-electron chi connectivity index (χ2n) is 5.35. The van der Waals surface area contributed by atoms with Crippen LogP contribution in [0.2, 0.25) is 0 Å². The van der Waals surface area contributed by atoms with Gasteiger partial charge in [-0.05, 0) is 25.1 Å². The number of ketones is 1. The Bertz CT molecular complexity index is 464. The molecule has 1 aromatic carbocycles. The monoisotopic (exact) mass is 304 g/mol. The van der Waals surface area contributed by atoms with E-state index in [0.29, 0.717) is 12.1 Å². The highest BCUT2D eigenvalue weighted by Crippen LogP contribution is 2.08. The quantitative estimate of drug-likeness (QED) is 0.676. The summed E-state index contributed by atoms with van der Waals surface area (Å²) in [5.41, 5.74) is 1.90. The van der Waals surface area contributed by atoms with E-state index in [1.54, 1.807) is 0 Å². The smallest absolute Gasteiger partial charge is 0.220 e. The number of rotatable bonds is 10. The minimum absolute atomic E-state index is 0.0292. The molecule has 122 valence electrons. The number of amides is 1. The zero-order valence-electron chi connectivity index (χ0n) is 14.0. The molecule has 4 heteroatoms. The van der Waals surface area contributed by atoms with E-state index in [2.05, 4.69) is 31.0 Å². The summed E-state index contributed by atoms with van der Waals surface area (Å²) in [6, 6.07) is 7.63. The van der Waals surface area contributed by atoms with Gasteiger partial charge in [-0.2, -0.15) is 0 Å². The van der Waals surface area contributed by atoms with Gasteiger partial charge < -0.3 is 10.2 Å². The van der Waals surface area contributed by atoms with Gasteiger partial charge in [0, 0.05) is 31.5 Å². The first-order valence-electron chi connectivity index (χ1n) is 8.21. The number of nitrogens with zero attached hydrogens (tertiary/aromatic N) is 1. The predicted molar refractivity (Wildman–Crippen MR) is 90.2 cm³/mol. The number of carbonyl (C=O) groups excluding carboxylic acids is 2. The van der Waals surface area contributed by atoms with Crippen LogP contribution in [0.3, 0.4) is 0 Å². The molecule has 0 radical (unpaired) electrons. The molecular weight excluding hydrogens is 276 g/mol. The van der Waals surface area contributed by atoms with Crippen molar-refractivity contribution >= 4 is 11.7 Å². The first-order chi connectivity index (χ1) is 10.6. The molecule has 1 aromatic rings. The Labute approximate surface area is 133 Å². The Hall–Kier alpha value is -1.68. The van der Waals surface area contributed by atoms with Crippen LogP contribution < -0.4 is 5.32 Å². The van der Waals surface area contributed by atoms with E-state index >= 15 is 0 Å². The molecule has 0 atom stereocenters. The van der Waals surface area contributed by atoms with Crippen molar-refractivity contribution < 1.29 is 9.59 Å². The number of aryl methyl sites for hydroxylation is 1. The fraction of sp³-hybridized carbons (Fsp3) is 0.556. The van der Waals surface area contributed by atoms with Crippen molar-refractivity contribution in [2.75, 3.05) is 26.2 Å². The van der Waals surface area contributed by atoms with Crippen LogP contribution in [-0.2, 0) is 11.2 Å². The molecule has 0 fully saturated rings. The van der Waals surface area contributed by atoms with Crippen LogP contribution in [0.15, 0.2) is 24.3 Å². The van der Waals surface area contributed by atoms with Crippen LogP contribution in [0.4, 0.5) is 0 Å². The maximum Gasteiger partial charge on any atom is 0.220 e. The molecular formula is C18H28N2O2. The average molecular weight is 304 g/mol. The normalized spacial score (nSPS) is 10.7. The summed E-state index contributed by atoms with van der Waals surface area (Å²) in [5.74, 6) is -0.0211. The summed E-state index contributed by atoms with van der Waals surface area (Å²) in [6.07, 6.45) is 1.48. The maximum atomic E-state index is 12.0. The fourth-order valence-electron chi connectivity index (χ4n) is 2.28. The molecule has 0 bridgehead atoms. The summed E-state index contributed by atoms with van der Waals surface area (Å²) in [5, 5.41) is 2.87. The molecule has 0 aliphatic heterocycles. The third kappa shape index (κ3) is 6.39. The topological polar surface area (TPSA) is 49.4 Å². The maximum absolute atomic E-state index is 12.0. The van der Waals surface area contributed by atoms with E-state index in [1.807, 2.05) is 24.3 Å². The molecule has 0 aromatic heterocycles. The Morgan fingerprint density at radius 2 is 1.64 bits per heavy atom. The largest absolute Gasteiger partial charge is 0.355 e. The van der Waals surface area contributed by atoms with Crippen molar-refractivity contribution in [3.63, 3.8) is 0 Å². The molecule has 1 amide bonds. The van der Waals surface area contributed by atoms with Crippen molar-refractivity contribution in [1.82, 2.24) is 10.2 Å². The third-order valence-electron chi connectivity index (χ3n) is 3.91. The van der Waals surface area contributed by atoms with Crippen LogP contribution in [0.25, 0.3) is 0 Å². The molecule has 0 aliphatic rings. The SMILES string of the molecule is CCc1ccc(C(=O)CCC(=O)NCCN(CC)CC)cc1. The molecule has 0 saturated heterocycles. The van der Waals surface area contributed by atoms with Crippen LogP contribution in [-0.4, -0.2) is 42.8 Å². The number of hydrogen-bond acceptors (Lipinski definition) is 3. The van der Waals surface area contributed by atoms with Crippen molar-refractivity contribution in [2.24, 2.45) is 0 Å². The summed E-state index contributed by atoms with van der Waals surface area (Å²) in [6.45, 7) is 9.75. The van der Waals surface area contributed by atoms with Gasteiger partial charge in [0.1, 0.15) is 0 Å². The van der Waals surface area contributed by atoms with Gasteiger partial charge in [0.15, 0.2) is 5.78 Å². The lowest BCUT2D eigenvalue weighted by Crippen LogP contribution is -2.34. The lowest BCUT2D eigenvalue weighted by molar-refractivity contribution is -0.121. The summed E-state index contributed by atoms with van der Waals surface area (Å²) in [7, 11) is 0. The first-order valence-corrected chi connectivity index (χ1v) is 8.21. The number of benzene rings is 1. The Morgan fingerprint density at radius 3 is 2.18 bits per heavy atom. The van der Waals surface area contributed by atoms with Gasteiger partial charge in [-0.25, -0.2) is 0 Å². The van der Waals surface area contributed by atoms with Crippen molar-refractivity contribution in [2.45, 2.75) is 40.0 Å². The molecule has 0 heterocycles. The molecule has 1 rings (SSSR count). The zero-order chi connectivity index (χ0) is 16.4.